The van der Waals surface area contributed by atoms with Gasteiger partial charge in [-0.25, -0.2) is 19.2 Å². The van der Waals surface area contributed by atoms with E-state index in [0.717, 1.165) is 36.8 Å². The normalized spacial score (nSPS) is 38.7. The number of fused-ring (bicyclic) bond motifs is 6. The molecule has 12 nitrogen and oxygen atoms in total. The molecule has 0 aromatic rings. The smallest absolute Gasteiger partial charge is 0.405 e. The minimum atomic E-state index is -1.13. The first kappa shape index (κ1) is 35.2. The number of carboxylic acid groups (broad SMARTS) is 2. The molecule has 4 fully saturated rings. The standard InChI is InChI=1S/C37H50N2O10/c1-21-25-13-11-23(9-7-15-35(3)29(48-35)27(25)46-31(21)40)19-37(39-34(44)45,17-5-6-18-38-33(42)43)20-24-10-8-16-36(4)30(49-36)28-26(14-12-24)22(2)32(41)47-28/h9-10,25-30,38-39H,1-2,5-8,11-20H2,3-4H3,(H,42,43)(H,44,45)/b23-9+,24-10+/t25-,26-,27-,28-,29-,30-,35+,36+/m0/s1. The Morgan fingerprint density at radius 3 is 1.78 bits per heavy atom. The number of carbonyl (C=O) groups is 4. The van der Waals surface area contributed by atoms with E-state index in [0.29, 0.717) is 68.9 Å². The molecule has 4 heterocycles. The topological polar surface area (TPSA) is 176 Å². The number of hydrogen-bond acceptors (Lipinski definition) is 8. The van der Waals surface area contributed by atoms with Crippen molar-refractivity contribution in [1.82, 2.24) is 10.6 Å². The molecule has 0 saturated carbocycles. The summed E-state index contributed by atoms with van der Waals surface area (Å²) in [6, 6.07) is 0. The van der Waals surface area contributed by atoms with Crippen LogP contribution in [0, 0.1) is 11.8 Å². The number of rotatable bonds is 10. The van der Waals surface area contributed by atoms with Crippen molar-refractivity contribution >= 4 is 24.1 Å². The molecular weight excluding hydrogens is 632 g/mol. The number of allylic oxidation sites excluding steroid dienone is 2. The predicted molar refractivity (Wildman–Crippen MR) is 178 cm³/mol. The number of carbonyl (C=O) groups excluding carboxylic acids is 2. The molecule has 0 unspecified atom stereocenters. The van der Waals surface area contributed by atoms with Gasteiger partial charge in [-0.3, -0.25) is 0 Å². The number of nitrogens with one attached hydrogen (secondary N) is 2. The van der Waals surface area contributed by atoms with Crippen LogP contribution in [0.1, 0.15) is 97.3 Å². The molecular formula is C37H50N2O10. The van der Waals surface area contributed by atoms with Crippen molar-refractivity contribution in [1.29, 1.82) is 0 Å². The summed E-state index contributed by atoms with van der Waals surface area (Å²) in [7, 11) is 0. The highest BCUT2D eigenvalue weighted by Crippen LogP contribution is 2.52. The summed E-state index contributed by atoms with van der Waals surface area (Å²) in [5.41, 5.74) is 1.43. The van der Waals surface area contributed by atoms with Crippen LogP contribution >= 0.6 is 0 Å². The van der Waals surface area contributed by atoms with Crippen LogP contribution in [-0.4, -0.2) is 82.0 Å². The number of hydrogen-bond donors (Lipinski definition) is 4. The molecule has 12 heteroatoms. The summed E-state index contributed by atoms with van der Waals surface area (Å²) in [6.07, 6.45) is 9.18. The lowest BCUT2D eigenvalue weighted by molar-refractivity contribution is -0.140. The van der Waals surface area contributed by atoms with E-state index < -0.39 is 28.9 Å². The highest BCUT2D eigenvalue weighted by atomic mass is 16.7. The molecule has 0 bridgehead atoms. The fourth-order valence-electron chi connectivity index (χ4n) is 8.83. The summed E-state index contributed by atoms with van der Waals surface area (Å²) < 4.78 is 23.7. The molecule has 0 aromatic carbocycles. The van der Waals surface area contributed by atoms with Gasteiger partial charge in [0.1, 0.15) is 24.4 Å². The van der Waals surface area contributed by atoms with E-state index in [9.17, 15) is 24.3 Å². The Bertz CT molecular complexity index is 1380. The molecule has 4 saturated heterocycles. The van der Waals surface area contributed by atoms with E-state index in [-0.39, 0.29) is 54.7 Å². The second-order valence-electron chi connectivity index (χ2n) is 15.3. The third-order valence-electron chi connectivity index (χ3n) is 11.7. The molecule has 268 valence electrons. The molecule has 0 radical (unpaired) electrons. The first-order valence-corrected chi connectivity index (χ1v) is 17.7. The maximum absolute atomic E-state index is 12.6. The number of epoxide rings is 2. The number of esters is 2. The second-order valence-corrected chi connectivity index (χ2v) is 15.3. The van der Waals surface area contributed by atoms with Gasteiger partial charge in [0.2, 0.25) is 0 Å². The molecule has 0 spiro atoms. The van der Waals surface area contributed by atoms with E-state index in [1.807, 2.05) is 13.8 Å². The van der Waals surface area contributed by atoms with E-state index in [4.69, 9.17) is 24.1 Å². The maximum atomic E-state index is 12.6. The Kier molecular flexibility index (Phi) is 9.76. The van der Waals surface area contributed by atoms with E-state index in [1.165, 1.54) is 0 Å². The molecule has 2 aliphatic carbocycles. The average molecular weight is 683 g/mol. The van der Waals surface area contributed by atoms with Crippen LogP contribution in [-0.2, 0) is 28.5 Å². The molecule has 6 rings (SSSR count). The lowest BCUT2D eigenvalue weighted by Gasteiger charge is -2.37. The Labute approximate surface area is 287 Å². The molecule has 8 atom stereocenters. The summed E-state index contributed by atoms with van der Waals surface area (Å²) in [5, 5.41) is 24.7. The van der Waals surface area contributed by atoms with Gasteiger partial charge in [0.25, 0.3) is 0 Å². The Balaban J connectivity index is 1.27. The minimum Gasteiger partial charge on any atom is -0.465 e. The van der Waals surface area contributed by atoms with Gasteiger partial charge in [0, 0.05) is 29.5 Å². The van der Waals surface area contributed by atoms with Crippen LogP contribution in [0.15, 0.2) is 47.6 Å². The van der Waals surface area contributed by atoms with Crippen LogP contribution in [0.25, 0.3) is 0 Å². The molecule has 2 amide bonds. The highest BCUT2D eigenvalue weighted by molar-refractivity contribution is 5.91. The molecule has 6 aliphatic rings. The fourth-order valence-corrected chi connectivity index (χ4v) is 8.83. The summed E-state index contributed by atoms with van der Waals surface area (Å²) in [4.78, 5) is 48.8. The lowest BCUT2D eigenvalue weighted by Crippen LogP contribution is -2.49. The van der Waals surface area contributed by atoms with E-state index in [2.05, 4.69) is 35.9 Å². The highest BCUT2D eigenvalue weighted by Gasteiger charge is 2.62. The molecule has 4 aliphatic heterocycles. The zero-order chi connectivity index (χ0) is 35.1. The van der Waals surface area contributed by atoms with Crippen LogP contribution in [0.5, 0.6) is 0 Å². The lowest BCUT2D eigenvalue weighted by atomic mass is 9.75. The number of unbranched alkanes of at least 4 members (excludes halogenated alkanes) is 1. The van der Waals surface area contributed by atoms with Gasteiger partial charge >= 0.3 is 24.1 Å². The van der Waals surface area contributed by atoms with Gasteiger partial charge < -0.3 is 39.8 Å². The largest absolute Gasteiger partial charge is 0.465 e. The van der Waals surface area contributed by atoms with Crippen LogP contribution in [0.3, 0.4) is 0 Å². The Morgan fingerprint density at radius 1 is 0.837 bits per heavy atom. The summed E-state index contributed by atoms with van der Waals surface area (Å²) in [6.45, 7) is 12.4. The van der Waals surface area contributed by atoms with Gasteiger partial charge in [-0.1, -0.05) is 36.5 Å². The quantitative estimate of drug-likeness (QED) is 0.0733. The summed E-state index contributed by atoms with van der Waals surface area (Å²) >= 11 is 0. The van der Waals surface area contributed by atoms with Gasteiger partial charge in [-0.05, 0) is 97.3 Å². The average Bonchev–Trinajstić information content (AvgIpc) is 3.83. The number of ether oxygens (including phenoxy) is 4. The van der Waals surface area contributed by atoms with Gasteiger partial charge in [-0.2, -0.15) is 0 Å². The van der Waals surface area contributed by atoms with Crippen LogP contribution in [0.4, 0.5) is 9.59 Å². The Morgan fingerprint density at radius 2 is 1.33 bits per heavy atom. The first-order chi connectivity index (χ1) is 23.2. The SMILES string of the molecule is C=C1C(=O)O[C@H]2[C@H]1CC/C(CC(CCCCNC(=O)O)(C/C1=C/CC[C@@]3(C)O[C@H]3[C@H]3OC(=O)C(=C)[C@@H]3CC1)NC(=O)O)=C\CC[C@@]1(C)O[C@@H]21. The Hall–Kier alpha value is -3.64. The molecule has 4 N–H and O–H groups in total. The fraction of sp³-hybridized carbons (Fsp3) is 0.676. The van der Waals surface area contributed by atoms with Crippen molar-refractivity contribution in [3.63, 3.8) is 0 Å². The monoisotopic (exact) mass is 682 g/mol. The van der Waals surface area contributed by atoms with Crippen molar-refractivity contribution in [2.75, 3.05) is 6.54 Å². The van der Waals surface area contributed by atoms with Gasteiger partial charge in [-0.15, -0.1) is 0 Å². The molecule has 0 aromatic heterocycles. The zero-order valence-electron chi connectivity index (χ0n) is 28.6. The van der Waals surface area contributed by atoms with Crippen molar-refractivity contribution in [2.24, 2.45) is 11.8 Å². The van der Waals surface area contributed by atoms with Gasteiger partial charge in [0.15, 0.2) is 0 Å². The third kappa shape index (κ3) is 7.60. The van der Waals surface area contributed by atoms with E-state index in [1.54, 1.807) is 0 Å². The number of amides is 2. The maximum Gasteiger partial charge on any atom is 0.405 e. The van der Waals surface area contributed by atoms with Crippen molar-refractivity contribution in [3.05, 3.63) is 47.6 Å². The molecule has 49 heavy (non-hydrogen) atoms. The third-order valence-corrected chi connectivity index (χ3v) is 11.7. The predicted octanol–water partition coefficient (Wildman–Crippen LogP) is 5.72. The zero-order valence-corrected chi connectivity index (χ0v) is 28.6. The minimum absolute atomic E-state index is 0.155. The van der Waals surface area contributed by atoms with Crippen molar-refractivity contribution in [3.8, 4) is 0 Å². The van der Waals surface area contributed by atoms with E-state index >= 15 is 0 Å². The van der Waals surface area contributed by atoms with Crippen LogP contribution < -0.4 is 10.6 Å². The first-order valence-electron chi connectivity index (χ1n) is 17.7. The van der Waals surface area contributed by atoms with Crippen molar-refractivity contribution in [2.45, 2.75) is 138 Å². The summed E-state index contributed by atoms with van der Waals surface area (Å²) in [5.74, 6) is -1.13. The van der Waals surface area contributed by atoms with Gasteiger partial charge in [0.05, 0.1) is 16.7 Å². The van der Waals surface area contributed by atoms with Crippen molar-refractivity contribution < 1.29 is 48.3 Å². The van der Waals surface area contributed by atoms with Crippen LogP contribution in [0.2, 0.25) is 0 Å². The second kappa shape index (κ2) is 13.6.